The molecule has 2 aromatic heterocycles. The minimum absolute atomic E-state index is 0.0714. The predicted molar refractivity (Wildman–Crippen MR) is 115 cm³/mol. The molecule has 0 aliphatic carbocycles. The van der Waals surface area contributed by atoms with Crippen LogP contribution in [0, 0.1) is 5.92 Å². The van der Waals surface area contributed by atoms with Gasteiger partial charge in [-0.05, 0) is 48.6 Å². The average molecular weight is 427 g/mol. The highest BCUT2D eigenvalue weighted by molar-refractivity contribution is 5.69. The van der Waals surface area contributed by atoms with Crippen LogP contribution in [-0.4, -0.2) is 34.7 Å². The molecule has 0 amide bonds. The van der Waals surface area contributed by atoms with E-state index < -0.39 is 6.61 Å². The number of H-pyrrole nitrogens is 1. The molecule has 1 aliphatic heterocycles. The fourth-order valence-corrected chi connectivity index (χ4v) is 3.49. The van der Waals surface area contributed by atoms with Crippen molar-refractivity contribution in [1.82, 2.24) is 15.0 Å². The molecule has 0 radical (unpaired) electrons. The van der Waals surface area contributed by atoms with Crippen molar-refractivity contribution in [2.45, 2.75) is 26.4 Å². The highest BCUT2D eigenvalue weighted by Gasteiger charge is 2.18. The molecule has 162 valence electrons. The Balaban J connectivity index is 1.53. The van der Waals surface area contributed by atoms with Gasteiger partial charge in [0, 0.05) is 31.0 Å². The first-order valence-electron chi connectivity index (χ1n) is 10.1. The zero-order chi connectivity index (χ0) is 21.8. The van der Waals surface area contributed by atoms with Crippen LogP contribution in [-0.2, 0) is 0 Å². The molecular formula is C22H23F2N5O2. The monoisotopic (exact) mass is 427 g/mol. The van der Waals surface area contributed by atoms with Gasteiger partial charge in [-0.25, -0.2) is 4.98 Å². The molecule has 2 N–H and O–H groups in total. The van der Waals surface area contributed by atoms with Crippen molar-refractivity contribution in [2.75, 3.05) is 23.3 Å². The lowest BCUT2D eigenvalue weighted by molar-refractivity contribution is -0.0498. The number of aromatic amines is 1. The van der Waals surface area contributed by atoms with E-state index in [1.54, 1.807) is 36.7 Å². The number of benzene rings is 1. The summed E-state index contributed by atoms with van der Waals surface area (Å²) in [4.78, 5) is 26.1. The Morgan fingerprint density at radius 2 is 1.90 bits per heavy atom. The van der Waals surface area contributed by atoms with E-state index in [1.165, 1.54) is 12.1 Å². The van der Waals surface area contributed by atoms with Gasteiger partial charge in [0.15, 0.2) is 0 Å². The number of alkyl halides is 2. The molecule has 0 unspecified atom stereocenters. The second-order valence-electron chi connectivity index (χ2n) is 7.57. The van der Waals surface area contributed by atoms with Crippen molar-refractivity contribution >= 4 is 17.5 Å². The zero-order valence-electron chi connectivity index (χ0n) is 17.0. The molecule has 4 rings (SSSR count). The van der Waals surface area contributed by atoms with E-state index in [-0.39, 0.29) is 11.3 Å². The molecule has 0 atom stereocenters. The average Bonchev–Trinajstić information content (AvgIpc) is 2.76. The number of nitrogens with zero attached hydrogens (tertiary/aromatic N) is 3. The highest BCUT2D eigenvalue weighted by Crippen LogP contribution is 2.25. The Kier molecular flexibility index (Phi) is 6.11. The number of hydrogen-bond donors (Lipinski definition) is 2. The molecule has 1 aromatic carbocycles. The molecule has 0 spiro atoms. The molecule has 3 heterocycles. The zero-order valence-corrected chi connectivity index (χ0v) is 17.0. The number of hydrogen-bond acceptors (Lipinski definition) is 6. The topological polar surface area (TPSA) is 83.1 Å². The standard InChI is InChI=1S/C22H23F2N5O2/c1-14-7-10-29(11-8-14)22-25-9-6-19(28-22)27-18-12-16(13-26-20(18)30)15-2-4-17(5-3-15)31-21(23)24/h2-6,9,12-14,21H,7-8,10-11H2,1H3,(H,26,30)(H,25,27,28). The smallest absolute Gasteiger partial charge is 0.387 e. The normalized spacial score (nSPS) is 14.6. The first kappa shape index (κ1) is 20.8. The maximum Gasteiger partial charge on any atom is 0.387 e. The van der Waals surface area contributed by atoms with Crippen LogP contribution in [0.25, 0.3) is 11.1 Å². The van der Waals surface area contributed by atoms with Crippen LogP contribution in [0.3, 0.4) is 0 Å². The maximum atomic E-state index is 12.3. The Morgan fingerprint density at radius 1 is 1.16 bits per heavy atom. The number of halogens is 2. The van der Waals surface area contributed by atoms with E-state index in [1.807, 2.05) is 0 Å². The molecule has 1 fully saturated rings. The second kappa shape index (κ2) is 9.11. The minimum Gasteiger partial charge on any atom is -0.435 e. The van der Waals surface area contributed by atoms with Gasteiger partial charge >= 0.3 is 6.61 Å². The van der Waals surface area contributed by atoms with Crippen LogP contribution < -0.4 is 20.5 Å². The van der Waals surface area contributed by atoms with Crippen LogP contribution >= 0.6 is 0 Å². The summed E-state index contributed by atoms with van der Waals surface area (Å²) in [6.45, 7) is 1.19. The van der Waals surface area contributed by atoms with Crippen molar-refractivity contribution in [1.29, 1.82) is 0 Å². The fourth-order valence-electron chi connectivity index (χ4n) is 3.49. The number of piperidine rings is 1. The van der Waals surface area contributed by atoms with Crippen LogP contribution in [0.5, 0.6) is 5.75 Å². The lowest BCUT2D eigenvalue weighted by Crippen LogP contribution is -2.34. The predicted octanol–water partition coefficient (Wildman–Crippen LogP) is 4.41. The Morgan fingerprint density at radius 3 is 2.61 bits per heavy atom. The molecule has 3 aromatic rings. The Labute approximate surface area is 178 Å². The summed E-state index contributed by atoms with van der Waals surface area (Å²) in [6.07, 6.45) is 5.44. The lowest BCUT2D eigenvalue weighted by Gasteiger charge is -2.30. The van der Waals surface area contributed by atoms with E-state index >= 15 is 0 Å². The van der Waals surface area contributed by atoms with E-state index in [4.69, 9.17) is 0 Å². The SMILES string of the molecule is CC1CCN(c2nccc(Nc3cc(-c4ccc(OC(F)F)cc4)c[nH]c3=O)n2)CC1. The van der Waals surface area contributed by atoms with Crippen LogP contribution in [0.4, 0.5) is 26.2 Å². The van der Waals surface area contributed by atoms with Gasteiger partial charge in [0.1, 0.15) is 17.3 Å². The van der Waals surface area contributed by atoms with Crippen molar-refractivity contribution in [2.24, 2.45) is 5.92 Å². The van der Waals surface area contributed by atoms with Gasteiger partial charge in [0.2, 0.25) is 5.95 Å². The first-order chi connectivity index (χ1) is 15.0. The van der Waals surface area contributed by atoms with Gasteiger partial charge in [-0.15, -0.1) is 0 Å². The number of pyridine rings is 1. The van der Waals surface area contributed by atoms with Crippen molar-refractivity contribution < 1.29 is 13.5 Å². The number of rotatable bonds is 6. The Bertz CT molecular complexity index is 1080. The largest absolute Gasteiger partial charge is 0.435 e. The number of aromatic nitrogens is 3. The van der Waals surface area contributed by atoms with Crippen LogP contribution in [0.1, 0.15) is 19.8 Å². The molecule has 1 aliphatic rings. The summed E-state index contributed by atoms with van der Waals surface area (Å²) in [5.41, 5.74) is 1.48. The van der Waals surface area contributed by atoms with Gasteiger partial charge < -0.3 is 19.9 Å². The van der Waals surface area contributed by atoms with E-state index in [0.29, 0.717) is 28.9 Å². The highest BCUT2D eigenvalue weighted by atomic mass is 19.3. The number of anilines is 3. The first-order valence-corrected chi connectivity index (χ1v) is 10.1. The van der Waals surface area contributed by atoms with Crippen LogP contribution in [0.2, 0.25) is 0 Å². The van der Waals surface area contributed by atoms with Gasteiger partial charge in [-0.3, -0.25) is 4.79 Å². The molecule has 31 heavy (non-hydrogen) atoms. The van der Waals surface area contributed by atoms with Gasteiger partial charge in [0.25, 0.3) is 5.56 Å². The van der Waals surface area contributed by atoms with Gasteiger partial charge in [-0.2, -0.15) is 13.8 Å². The molecule has 7 nitrogen and oxygen atoms in total. The summed E-state index contributed by atoms with van der Waals surface area (Å²) in [5, 5.41) is 3.06. The summed E-state index contributed by atoms with van der Waals surface area (Å²) >= 11 is 0. The van der Waals surface area contributed by atoms with Crippen LogP contribution in [0.15, 0.2) is 53.6 Å². The molecule has 0 saturated carbocycles. The number of ether oxygens (including phenoxy) is 1. The summed E-state index contributed by atoms with van der Waals surface area (Å²) in [7, 11) is 0. The van der Waals surface area contributed by atoms with Crippen molar-refractivity contribution in [3.63, 3.8) is 0 Å². The van der Waals surface area contributed by atoms with Gasteiger partial charge in [0.05, 0.1) is 0 Å². The minimum atomic E-state index is -2.87. The molecule has 1 saturated heterocycles. The second-order valence-corrected chi connectivity index (χ2v) is 7.57. The molecule has 0 bridgehead atoms. The van der Waals surface area contributed by atoms with E-state index in [0.717, 1.165) is 31.5 Å². The summed E-state index contributed by atoms with van der Waals surface area (Å²) < 4.78 is 29.0. The summed E-state index contributed by atoms with van der Waals surface area (Å²) in [6, 6.07) is 9.60. The van der Waals surface area contributed by atoms with Gasteiger partial charge in [-0.1, -0.05) is 19.1 Å². The third kappa shape index (κ3) is 5.17. The Hall–Kier alpha value is -3.49. The quantitative estimate of drug-likeness (QED) is 0.606. The van der Waals surface area contributed by atoms with E-state index in [2.05, 4.69) is 36.8 Å². The summed E-state index contributed by atoms with van der Waals surface area (Å²) in [5.74, 6) is 1.93. The maximum absolute atomic E-state index is 12.3. The molecular weight excluding hydrogens is 404 g/mol. The van der Waals surface area contributed by atoms with Crippen molar-refractivity contribution in [3.05, 3.63) is 59.1 Å². The third-order valence-electron chi connectivity index (χ3n) is 5.29. The lowest BCUT2D eigenvalue weighted by atomic mass is 10.00. The molecule has 9 heteroatoms. The number of nitrogens with one attached hydrogen (secondary N) is 2. The third-order valence-corrected chi connectivity index (χ3v) is 5.29. The van der Waals surface area contributed by atoms with E-state index in [9.17, 15) is 13.6 Å². The fraction of sp³-hybridized carbons (Fsp3) is 0.318. The van der Waals surface area contributed by atoms with Crippen molar-refractivity contribution in [3.8, 4) is 16.9 Å².